The highest BCUT2D eigenvalue weighted by Crippen LogP contribution is 2.18. The maximum atomic E-state index is 12.0. The Labute approximate surface area is 165 Å². The fourth-order valence-corrected chi connectivity index (χ4v) is 3.00. The lowest BCUT2D eigenvalue weighted by Crippen LogP contribution is -2.38. The number of rotatable bonds is 9. The van der Waals surface area contributed by atoms with Gasteiger partial charge in [-0.25, -0.2) is 0 Å². The Morgan fingerprint density at radius 3 is 2.57 bits per heavy atom. The number of amides is 2. The molecule has 0 unspecified atom stereocenters. The summed E-state index contributed by atoms with van der Waals surface area (Å²) in [6.45, 7) is 0.686. The van der Waals surface area contributed by atoms with Crippen LogP contribution in [-0.2, 0) is 14.3 Å². The molecule has 0 heterocycles. The molecule has 0 atom stereocenters. The minimum absolute atomic E-state index is 0.0108. The first kappa shape index (κ1) is 21.5. The highest BCUT2D eigenvalue weighted by atomic mass is 16.5. The van der Waals surface area contributed by atoms with Crippen LogP contribution in [0.1, 0.15) is 37.7 Å². The largest absolute Gasteiger partial charge is 0.484 e. The lowest BCUT2D eigenvalue weighted by molar-refractivity contribution is -0.124. The number of benzene rings is 1. The molecule has 1 aromatic rings. The summed E-state index contributed by atoms with van der Waals surface area (Å²) in [6.07, 6.45) is 7.14. The van der Waals surface area contributed by atoms with Crippen LogP contribution in [0.3, 0.4) is 0 Å². The summed E-state index contributed by atoms with van der Waals surface area (Å²) >= 11 is 0. The van der Waals surface area contributed by atoms with Gasteiger partial charge in [0.1, 0.15) is 17.4 Å². The highest BCUT2D eigenvalue weighted by Gasteiger charge is 2.15. The van der Waals surface area contributed by atoms with Crippen LogP contribution in [0.5, 0.6) is 5.75 Å². The molecule has 7 heteroatoms. The third kappa shape index (κ3) is 7.41. The lowest BCUT2D eigenvalue weighted by atomic mass is 9.95. The van der Waals surface area contributed by atoms with E-state index >= 15 is 0 Å². The van der Waals surface area contributed by atoms with Crippen molar-refractivity contribution in [3.05, 3.63) is 35.4 Å². The van der Waals surface area contributed by atoms with E-state index in [0.717, 1.165) is 25.7 Å². The van der Waals surface area contributed by atoms with Crippen LogP contribution < -0.4 is 15.4 Å². The second-order valence-corrected chi connectivity index (χ2v) is 6.68. The molecule has 2 rings (SSSR count). The van der Waals surface area contributed by atoms with Gasteiger partial charge < -0.3 is 20.1 Å². The van der Waals surface area contributed by atoms with Crippen molar-refractivity contribution >= 4 is 17.9 Å². The number of nitriles is 1. The van der Waals surface area contributed by atoms with Crippen LogP contribution in [0.25, 0.3) is 6.08 Å². The molecular formula is C21H27N3O4. The standard InChI is InChI=1S/C21H27N3O4/c1-27-12-11-23-21(26)17(14-22)13-16-7-9-19(10-8-16)28-15-20(25)24-18-5-3-2-4-6-18/h7-10,13,18H,2-6,11-12,15H2,1H3,(H,23,26)(H,24,25)/b17-13+. The number of carbonyl (C=O) groups excluding carboxylic acids is 2. The fourth-order valence-electron chi connectivity index (χ4n) is 3.00. The zero-order valence-electron chi connectivity index (χ0n) is 16.2. The summed E-state index contributed by atoms with van der Waals surface area (Å²) in [5.74, 6) is -0.00590. The smallest absolute Gasteiger partial charge is 0.262 e. The summed E-state index contributed by atoms with van der Waals surface area (Å²) in [7, 11) is 1.54. The van der Waals surface area contributed by atoms with Gasteiger partial charge in [0.25, 0.3) is 11.8 Å². The van der Waals surface area contributed by atoms with E-state index in [0.29, 0.717) is 24.5 Å². The van der Waals surface area contributed by atoms with Gasteiger partial charge in [0, 0.05) is 19.7 Å². The van der Waals surface area contributed by atoms with Gasteiger partial charge in [-0.1, -0.05) is 31.4 Å². The van der Waals surface area contributed by atoms with Crippen LogP contribution in [0, 0.1) is 11.3 Å². The van der Waals surface area contributed by atoms with E-state index in [2.05, 4.69) is 10.6 Å². The zero-order chi connectivity index (χ0) is 20.2. The predicted molar refractivity (Wildman–Crippen MR) is 105 cm³/mol. The van der Waals surface area contributed by atoms with Crippen LogP contribution in [0.4, 0.5) is 0 Å². The van der Waals surface area contributed by atoms with E-state index in [1.165, 1.54) is 19.6 Å². The summed E-state index contributed by atoms with van der Waals surface area (Å²) < 4.78 is 10.4. The number of hydrogen-bond donors (Lipinski definition) is 2. The van der Waals surface area contributed by atoms with E-state index in [9.17, 15) is 9.59 Å². The lowest BCUT2D eigenvalue weighted by Gasteiger charge is -2.22. The molecule has 0 aliphatic heterocycles. The molecule has 1 aliphatic rings. The summed E-state index contributed by atoms with van der Waals surface area (Å²) in [4.78, 5) is 23.9. The minimum atomic E-state index is -0.445. The molecule has 1 aliphatic carbocycles. The van der Waals surface area contributed by atoms with Crippen LogP contribution in [-0.4, -0.2) is 44.7 Å². The first-order valence-corrected chi connectivity index (χ1v) is 9.53. The summed E-state index contributed by atoms with van der Waals surface area (Å²) in [5, 5.41) is 14.8. The molecule has 0 aromatic heterocycles. The second kappa shape index (κ2) is 11.8. The molecule has 1 fully saturated rings. The summed E-state index contributed by atoms with van der Waals surface area (Å²) in [6, 6.07) is 9.03. The minimum Gasteiger partial charge on any atom is -0.484 e. The number of hydrogen-bond acceptors (Lipinski definition) is 5. The van der Waals surface area contributed by atoms with Crippen molar-refractivity contribution in [2.24, 2.45) is 0 Å². The first-order chi connectivity index (χ1) is 13.6. The predicted octanol–water partition coefficient (Wildman–Crippen LogP) is 2.18. The van der Waals surface area contributed by atoms with Gasteiger partial charge in [-0.05, 0) is 36.6 Å². The van der Waals surface area contributed by atoms with Crippen molar-refractivity contribution < 1.29 is 19.1 Å². The number of carbonyl (C=O) groups is 2. The number of nitrogens with one attached hydrogen (secondary N) is 2. The molecule has 28 heavy (non-hydrogen) atoms. The SMILES string of the molecule is COCCNC(=O)/C(C#N)=C/c1ccc(OCC(=O)NC2CCCCC2)cc1. The van der Waals surface area contributed by atoms with E-state index in [4.69, 9.17) is 14.7 Å². The summed E-state index contributed by atoms with van der Waals surface area (Å²) in [5.41, 5.74) is 0.703. The van der Waals surface area contributed by atoms with Gasteiger partial charge in [-0.2, -0.15) is 5.26 Å². The van der Waals surface area contributed by atoms with Crippen molar-refractivity contribution in [2.75, 3.05) is 26.9 Å². The molecule has 2 amide bonds. The number of ether oxygens (including phenoxy) is 2. The average molecular weight is 385 g/mol. The molecule has 150 valence electrons. The maximum absolute atomic E-state index is 12.0. The van der Waals surface area contributed by atoms with Gasteiger partial charge in [0.2, 0.25) is 0 Å². The molecule has 1 aromatic carbocycles. The average Bonchev–Trinajstić information content (AvgIpc) is 2.72. The molecule has 0 bridgehead atoms. The van der Waals surface area contributed by atoms with Gasteiger partial charge in [-0.3, -0.25) is 9.59 Å². The van der Waals surface area contributed by atoms with Gasteiger partial charge in [-0.15, -0.1) is 0 Å². The quantitative estimate of drug-likeness (QED) is 0.385. The van der Waals surface area contributed by atoms with Crippen molar-refractivity contribution in [3.8, 4) is 11.8 Å². The van der Waals surface area contributed by atoms with Crippen LogP contribution in [0.2, 0.25) is 0 Å². The maximum Gasteiger partial charge on any atom is 0.262 e. The van der Waals surface area contributed by atoms with E-state index in [1.54, 1.807) is 24.3 Å². The number of methoxy groups -OCH3 is 1. The molecule has 2 N–H and O–H groups in total. The van der Waals surface area contributed by atoms with Crippen molar-refractivity contribution in [1.29, 1.82) is 5.26 Å². The number of nitrogens with zero attached hydrogens (tertiary/aromatic N) is 1. The molecular weight excluding hydrogens is 358 g/mol. The first-order valence-electron chi connectivity index (χ1n) is 9.53. The van der Waals surface area contributed by atoms with Crippen molar-refractivity contribution in [3.63, 3.8) is 0 Å². The third-order valence-electron chi connectivity index (χ3n) is 4.49. The molecule has 0 saturated heterocycles. The normalized spacial score (nSPS) is 14.8. The third-order valence-corrected chi connectivity index (χ3v) is 4.49. The Bertz CT molecular complexity index is 716. The van der Waals surface area contributed by atoms with E-state index in [-0.39, 0.29) is 24.1 Å². The Balaban J connectivity index is 1.83. The Hall–Kier alpha value is -2.85. The Kier molecular flexibility index (Phi) is 9.02. The van der Waals surface area contributed by atoms with Crippen molar-refractivity contribution in [2.45, 2.75) is 38.1 Å². The van der Waals surface area contributed by atoms with Gasteiger partial charge in [0.05, 0.1) is 6.61 Å². The van der Waals surface area contributed by atoms with Gasteiger partial charge in [0.15, 0.2) is 6.61 Å². The topological polar surface area (TPSA) is 100 Å². The van der Waals surface area contributed by atoms with Crippen LogP contribution >= 0.6 is 0 Å². The van der Waals surface area contributed by atoms with Crippen LogP contribution in [0.15, 0.2) is 29.8 Å². The monoisotopic (exact) mass is 385 g/mol. The molecule has 0 spiro atoms. The molecule has 0 radical (unpaired) electrons. The van der Waals surface area contributed by atoms with E-state index < -0.39 is 5.91 Å². The van der Waals surface area contributed by atoms with E-state index in [1.807, 2.05) is 6.07 Å². The fraction of sp³-hybridized carbons (Fsp3) is 0.476. The van der Waals surface area contributed by atoms with Crippen molar-refractivity contribution in [1.82, 2.24) is 10.6 Å². The Morgan fingerprint density at radius 2 is 1.93 bits per heavy atom. The zero-order valence-corrected chi connectivity index (χ0v) is 16.2. The molecule has 1 saturated carbocycles. The second-order valence-electron chi connectivity index (χ2n) is 6.68. The highest BCUT2D eigenvalue weighted by molar-refractivity contribution is 6.01. The van der Waals surface area contributed by atoms with Gasteiger partial charge >= 0.3 is 0 Å². The Morgan fingerprint density at radius 1 is 1.21 bits per heavy atom. The molecule has 7 nitrogen and oxygen atoms in total.